The fraction of sp³-hybridized carbons (Fsp3) is 0.667. The first kappa shape index (κ1) is 11.2. The van der Waals surface area contributed by atoms with Crippen molar-refractivity contribution in [2.45, 2.75) is 39.2 Å². The van der Waals surface area contributed by atoms with Crippen LogP contribution in [0.5, 0.6) is 0 Å². The summed E-state index contributed by atoms with van der Waals surface area (Å²) in [6.45, 7) is 3.69. The molecule has 0 atom stereocenters. The monoisotopic (exact) mass is 221 g/mol. The Hall–Kier alpha value is -1.32. The first-order chi connectivity index (χ1) is 7.81. The van der Waals surface area contributed by atoms with Crippen molar-refractivity contribution < 1.29 is 0 Å². The van der Waals surface area contributed by atoms with Crippen LogP contribution in [-0.2, 0) is 6.54 Å². The second kappa shape index (κ2) is 5.14. The molecule has 0 saturated heterocycles. The molecule has 4 nitrogen and oxygen atoms in total. The van der Waals surface area contributed by atoms with Crippen LogP contribution in [-0.4, -0.2) is 16.1 Å². The third-order valence-corrected chi connectivity index (χ3v) is 2.92. The van der Waals surface area contributed by atoms with E-state index in [2.05, 4.69) is 17.2 Å². The van der Waals surface area contributed by atoms with Gasteiger partial charge in [-0.1, -0.05) is 19.8 Å². The number of nitrogens with one attached hydrogen (secondary N) is 1. The van der Waals surface area contributed by atoms with Crippen molar-refractivity contribution in [3.05, 3.63) is 22.7 Å². The summed E-state index contributed by atoms with van der Waals surface area (Å²) in [5.74, 6) is 1.38. The van der Waals surface area contributed by atoms with Crippen LogP contribution in [0.25, 0.3) is 0 Å². The van der Waals surface area contributed by atoms with E-state index in [4.69, 9.17) is 0 Å². The highest BCUT2D eigenvalue weighted by Gasteiger charge is 2.20. The minimum atomic E-state index is 0.000136. The molecular weight excluding hydrogens is 202 g/mol. The van der Waals surface area contributed by atoms with E-state index in [1.807, 2.05) is 0 Å². The largest absolute Gasteiger partial charge is 0.365 e. The summed E-state index contributed by atoms with van der Waals surface area (Å²) in [5.41, 5.74) is 0.000136. The summed E-state index contributed by atoms with van der Waals surface area (Å²) in [5, 5.41) is 3.14. The standard InChI is InChI=1S/C12H19N3O/c1-2-8-15-9-7-14-11(12(15)16)13-6-5-10-3-4-10/h7,9-10H,2-6,8H2,1H3,(H,13,14). The molecule has 1 heterocycles. The van der Waals surface area contributed by atoms with Crippen LogP contribution in [0.3, 0.4) is 0 Å². The lowest BCUT2D eigenvalue weighted by molar-refractivity contribution is 0.648. The molecule has 1 saturated carbocycles. The lowest BCUT2D eigenvalue weighted by Crippen LogP contribution is -2.24. The van der Waals surface area contributed by atoms with E-state index in [9.17, 15) is 4.79 Å². The van der Waals surface area contributed by atoms with Gasteiger partial charge in [-0.15, -0.1) is 0 Å². The lowest BCUT2D eigenvalue weighted by Gasteiger charge is -2.07. The SMILES string of the molecule is CCCn1ccnc(NCCC2CC2)c1=O. The van der Waals surface area contributed by atoms with Crippen LogP contribution in [0.1, 0.15) is 32.6 Å². The molecule has 1 fully saturated rings. The molecule has 1 aliphatic carbocycles. The molecule has 0 spiro atoms. The molecule has 0 bridgehead atoms. The number of rotatable bonds is 6. The molecule has 4 heteroatoms. The summed E-state index contributed by atoms with van der Waals surface area (Å²) >= 11 is 0. The second-order valence-electron chi connectivity index (χ2n) is 4.43. The summed E-state index contributed by atoms with van der Waals surface area (Å²) in [7, 11) is 0. The number of aryl methyl sites for hydroxylation is 1. The molecule has 2 rings (SSSR count). The summed E-state index contributed by atoms with van der Waals surface area (Å²) in [6, 6.07) is 0. The molecular formula is C12H19N3O. The van der Waals surface area contributed by atoms with Gasteiger partial charge < -0.3 is 9.88 Å². The number of aromatic nitrogens is 2. The fourth-order valence-corrected chi connectivity index (χ4v) is 1.79. The van der Waals surface area contributed by atoms with Gasteiger partial charge in [-0.05, 0) is 18.8 Å². The quantitative estimate of drug-likeness (QED) is 0.797. The molecule has 1 N–H and O–H groups in total. The van der Waals surface area contributed by atoms with Gasteiger partial charge in [0, 0.05) is 25.5 Å². The van der Waals surface area contributed by atoms with Crippen LogP contribution in [0.4, 0.5) is 5.82 Å². The van der Waals surface area contributed by atoms with Crippen LogP contribution in [0, 0.1) is 5.92 Å². The van der Waals surface area contributed by atoms with Gasteiger partial charge in [-0.3, -0.25) is 4.79 Å². The third kappa shape index (κ3) is 2.84. The number of hydrogen-bond donors (Lipinski definition) is 1. The van der Waals surface area contributed by atoms with E-state index in [0.29, 0.717) is 5.82 Å². The highest BCUT2D eigenvalue weighted by Crippen LogP contribution is 2.31. The highest BCUT2D eigenvalue weighted by molar-refractivity contribution is 5.30. The van der Waals surface area contributed by atoms with Crippen molar-refractivity contribution in [3.8, 4) is 0 Å². The Balaban J connectivity index is 1.96. The first-order valence-electron chi connectivity index (χ1n) is 6.10. The number of anilines is 1. The second-order valence-corrected chi connectivity index (χ2v) is 4.43. The molecule has 1 aromatic rings. The molecule has 0 aromatic carbocycles. The highest BCUT2D eigenvalue weighted by atomic mass is 16.1. The van der Waals surface area contributed by atoms with E-state index < -0.39 is 0 Å². The molecule has 0 amide bonds. The van der Waals surface area contributed by atoms with E-state index in [-0.39, 0.29) is 5.56 Å². The predicted molar refractivity (Wildman–Crippen MR) is 64.6 cm³/mol. The maximum Gasteiger partial charge on any atom is 0.293 e. The van der Waals surface area contributed by atoms with Gasteiger partial charge in [0.1, 0.15) is 0 Å². The minimum Gasteiger partial charge on any atom is -0.365 e. The summed E-state index contributed by atoms with van der Waals surface area (Å²) < 4.78 is 1.71. The molecule has 1 aromatic heterocycles. The zero-order valence-electron chi connectivity index (χ0n) is 9.78. The van der Waals surface area contributed by atoms with Crippen molar-refractivity contribution >= 4 is 5.82 Å². The maximum atomic E-state index is 11.9. The average molecular weight is 221 g/mol. The van der Waals surface area contributed by atoms with E-state index in [1.54, 1.807) is 17.0 Å². The Labute approximate surface area is 95.7 Å². The van der Waals surface area contributed by atoms with Crippen molar-refractivity contribution in [2.75, 3.05) is 11.9 Å². The van der Waals surface area contributed by atoms with Gasteiger partial charge >= 0.3 is 0 Å². The molecule has 88 valence electrons. The zero-order chi connectivity index (χ0) is 11.4. The Bertz CT molecular complexity index is 395. The van der Waals surface area contributed by atoms with E-state index >= 15 is 0 Å². The van der Waals surface area contributed by atoms with Crippen LogP contribution < -0.4 is 10.9 Å². The molecule has 0 radical (unpaired) electrons. The van der Waals surface area contributed by atoms with E-state index in [1.165, 1.54) is 12.8 Å². The summed E-state index contributed by atoms with van der Waals surface area (Å²) in [4.78, 5) is 16.0. The van der Waals surface area contributed by atoms with Gasteiger partial charge in [-0.2, -0.15) is 0 Å². The Kier molecular flexibility index (Phi) is 3.59. The fourth-order valence-electron chi connectivity index (χ4n) is 1.79. The Morgan fingerprint density at radius 2 is 2.38 bits per heavy atom. The Morgan fingerprint density at radius 3 is 3.06 bits per heavy atom. The van der Waals surface area contributed by atoms with Crippen molar-refractivity contribution in [1.29, 1.82) is 0 Å². The zero-order valence-corrected chi connectivity index (χ0v) is 9.78. The lowest BCUT2D eigenvalue weighted by atomic mass is 10.3. The van der Waals surface area contributed by atoms with Crippen molar-refractivity contribution in [2.24, 2.45) is 5.92 Å². The van der Waals surface area contributed by atoms with E-state index in [0.717, 1.165) is 31.8 Å². The van der Waals surface area contributed by atoms with Gasteiger partial charge in [0.2, 0.25) is 0 Å². The minimum absolute atomic E-state index is 0.000136. The molecule has 0 aliphatic heterocycles. The maximum absolute atomic E-state index is 11.9. The molecule has 0 unspecified atom stereocenters. The average Bonchev–Trinajstić information content (AvgIpc) is 3.08. The molecule has 16 heavy (non-hydrogen) atoms. The van der Waals surface area contributed by atoms with Gasteiger partial charge in [-0.25, -0.2) is 4.98 Å². The van der Waals surface area contributed by atoms with Crippen molar-refractivity contribution in [1.82, 2.24) is 9.55 Å². The van der Waals surface area contributed by atoms with Gasteiger partial charge in [0.05, 0.1) is 0 Å². The van der Waals surface area contributed by atoms with Crippen LogP contribution in [0.2, 0.25) is 0 Å². The topological polar surface area (TPSA) is 46.9 Å². The summed E-state index contributed by atoms with van der Waals surface area (Å²) in [6.07, 6.45) is 8.26. The third-order valence-electron chi connectivity index (χ3n) is 2.92. The number of hydrogen-bond acceptors (Lipinski definition) is 3. The predicted octanol–water partition coefficient (Wildman–Crippen LogP) is 1.87. The van der Waals surface area contributed by atoms with Crippen molar-refractivity contribution in [3.63, 3.8) is 0 Å². The number of nitrogens with zero attached hydrogens (tertiary/aromatic N) is 2. The normalized spacial score (nSPS) is 15.1. The van der Waals surface area contributed by atoms with Crippen LogP contribution in [0.15, 0.2) is 17.2 Å². The smallest absolute Gasteiger partial charge is 0.293 e. The first-order valence-corrected chi connectivity index (χ1v) is 6.10. The van der Waals surface area contributed by atoms with Gasteiger partial charge in [0.15, 0.2) is 5.82 Å². The van der Waals surface area contributed by atoms with Crippen LogP contribution >= 0.6 is 0 Å². The molecule has 1 aliphatic rings. The van der Waals surface area contributed by atoms with Gasteiger partial charge in [0.25, 0.3) is 5.56 Å². The Morgan fingerprint density at radius 1 is 1.56 bits per heavy atom.